The summed E-state index contributed by atoms with van der Waals surface area (Å²) in [6, 6.07) is 4.12. The van der Waals surface area contributed by atoms with Gasteiger partial charge >= 0.3 is 0 Å². The van der Waals surface area contributed by atoms with E-state index in [-0.39, 0.29) is 17.9 Å². The van der Waals surface area contributed by atoms with Gasteiger partial charge in [0.1, 0.15) is 0 Å². The van der Waals surface area contributed by atoms with Crippen molar-refractivity contribution in [2.24, 2.45) is 5.73 Å². The summed E-state index contributed by atoms with van der Waals surface area (Å²) in [5.74, 6) is -0.521. The van der Waals surface area contributed by atoms with Gasteiger partial charge in [-0.1, -0.05) is 0 Å². The lowest BCUT2D eigenvalue weighted by molar-refractivity contribution is -0.384. The number of anilines is 2. The minimum absolute atomic E-state index is 0.0272. The highest BCUT2D eigenvalue weighted by Gasteiger charge is 2.12. The van der Waals surface area contributed by atoms with Gasteiger partial charge in [0.2, 0.25) is 5.91 Å². The number of benzene rings is 1. The van der Waals surface area contributed by atoms with E-state index in [0.29, 0.717) is 5.69 Å². The first-order valence-electron chi connectivity index (χ1n) is 4.44. The fourth-order valence-electron chi connectivity index (χ4n) is 1.27. The molecule has 1 aromatic carbocycles. The number of rotatable bonds is 4. The molecule has 0 atom stereocenters. The highest BCUT2D eigenvalue weighted by atomic mass is 16.6. The fraction of sp³-hybridized carbons (Fsp3) is 0.222. The molecule has 0 spiro atoms. The summed E-state index contributed by atoms with van der Waals surface area (Å²) in [4.78, 5) is 22.2. The van der Waals surface area contributed by atoms with E-state index in [4.69, 9.17) is 11.5 Å². The van der Waals surface area contributed by atoms with Crippen LogP contribution in [-0.4, -0.2) is 24.4 Å². The summed E-state index contributed by atoms with van der Waals surface area (Å²) in [5, 5.41) is 10.6. The average molecular weight is 224 g/mol. The molecule has 0 aliphatic rings. The Kier molecular flexibility index (Phi) is 3.29. The Balaban J connectivity index is 3.04. The van der Waals surface area contributed by atoms with Crippen molar-refractivity contribution in [1.29, 1.82) is 0 Å². The predicted molar refractivity (Wildman–Crippen MR) is 60.0 cm³/mol. The van der Waals surface area contributed by atoms with E-state index in [0.717, 1.165) is 0 Å². The Morgan fingerprint density at radius 1 is 1.50 bits per heavy atom. The number of carbonyl (C=O) groups is 1. The molecule has 0 unspecified atom stereocenters. The molecule has 7 heteroatoms. The van der Waals surface area contributed by atoms with Crippen molar-refractivity contribution in [1.82, 2.24) is 0 Å². The lowest BCUT2D eigenvalue weighted by atomic mass is 10.2. The standard InChI is InChI=1S/C9H12N4O3/c1-12(5-9(11)14)7-2-6(10)3-8(4-7)13(15)16/h2-4H,5,10H2,1H3,(H2,11,14). The summed E-state index contributed by atoms with van der Waals surface area (Å²) in [7, 11) is 1.60. The van der Waals surface area contributed by atoms with Crippen LogP contribution >= 0.6 is 0 Å². The third kappa shape index (κ3) is 2.84. The van der Waals surface area contributed by atoms with Gasteiger partial charge in [-0.15, -0.1) is 0 Å². The molecule has 0 aliphatic carbocycles. The second kappa shape index (κ2) is 4.47. The number of nitrogen functional groups attached to an aromatic ring is 1. The monoisotopic (exact) mass is 224 g/mol. The summed E-state index contributed by atoms with van der Waals surface area (Å²) in [5.41, 5.74) is 11.2. The highest BCUT2D eigenvalue weighted by molar-refractivity contribution is 5.80. The Morgan fingerprint density at radius 3 is 2.62 bits per heavy atom. The molecule has 0 heterocycles. The van der Waals surface area contributed by atoms with Gasteiger partial charge in [0.25, 0.3) is 5.69 Å². The predicted octanol–water partition coefficient (Wildman–Crippen LogP) is 0.0985. The van der Waals surface area contributed by atoms with E-state index in [1.807, 2.05) is 0 Å². The van der Waals surface area contributed by atoms with Gasteiger partial charge in [0.15, 0.2) is 0 Å². The van der Waals surface area contributed by atoms with E-state index < -0.39 is 10.8 Å². The maximum Gasteiger partial charge on any atom is 0.273 e. The molecule has 0 fully saturated rings. The van der Waals surface area contributed by atoms with E-state index in [1.165, 1.54) is 23.1 Å². The van der Waals surface area contributed by atoms with Crippen LogP contribution in [0.2, 0.25) is 0 Å². The van der Waals surface area contributed by atoms with Gasteiger partial charge in [-0.2, -0.15) is 0 Å². The number of hydrogen-bond donors (Lipinski definition) is 2. The lowest BCUT2D eigenvalue weighted by Gasteiger charge is -2.17. The molecule has 0 radical (unpaired) electrons. The molecule has 1 amide bonds. The number of nitrogens with two attached hydrogens (primary N) is 2. The third-order valence-corrected chi connectivity index (χ3v) is 1.97. The number of nitrogens with zero attached hydrogens (tertiary/aromatic N) is 2. The second-order valence-corrected chi connectivity index (χ2v) is 3.36. The third-order valence-electron chi connectivity index (χ3n) is 1.97. The van der Waals surface area contributed by atoms with Crippen molar-refractivity contribution in [2.75, 3.05) is 24.2 Å². The van der Waals surface area contributed by atoms with Gasteiger partial charge in [0, 0.05) is 30.6 Å². The smallest absolute Gasteiger partial charge is 0.273 e. The molecular weight excluding hydrogens is 212 g/mol. The molecule has 4 N–H and O–H groups in total. The second-order valence-electron chi connectivity index (χ2n) is 3.36. The summed E-state index contributed by atoms with van der Waals surface area (Å²) < 4.78 is 0. The molecular formula is C9H12N4O3. The molecule has 1 rings (SSSR count). The molecule has 0 aliphatic heterocycles. The molecule has 0 saturated carbocycles. The maximum absolute atomic E-state index is 10.7. The van der Waals surface area contributed by atoms with Crippen LogP contribution in [0, 0.1) is 10.1 Å². The Hall–Kier alpha value is -2.31. The molecule has 0 aromatic heterocycles. The largest absolute Gasteiger partial charge is 0.398 e. The number of nitro groups is 1. The number of hydrogen-bond acceptors (Lipinski definition) is 5. The van der Waals surface area contributed by atoms with Gasteiger partial charge < -0.3 is 16.4 Å². The molecule has 7 nitrogen and oxygen atoms in total. The zero-order chi connectivity index (χ0) is 12.3. The van der Waals surface area contributed by atoms with E-state index in [2.05, 4.69) is 0 Å². The Morgan fingerprint density at radius 2 is 2.12 bits per heavy atom. The first-order valence-corrected chi connectivity index (χ1v) is 4.44. The summed E-state index contributed by atoms with van der Waals surface area (Å²) in [6.45, 7) is -0.0272. The minimum atomic E-state index is -0.544. The highest BCUT2D eigenvalue weighted by Crippen LogP contribution is 2.24. The zero-order valence-corrected chi connectivity index (χ0v) is 8.71. The fourth-order valence-corrected chi connectivity index (χ4v) is 1.27. The molecule has 0 bridgehead atoms. The number of amides is 1. The van der Waals surface area contributed by atoms with Crippen molar-refractivity contribution in [3.63, 3.8) is 0 Å². The number of nitro benzene ring substituents is 1. The first kappa shape index (κ1) is 11.8. The quantitative estimate of drug-likeness (QED) is 0.427. The SMILES string of the molecule is CN(CC(N)=O)c1cc(N)cc([N+](=O)[O-])c1. The Bertz CT molecular complexity index is 433. The zero-order valence-electron chi connectivity index (χ0n) is 8.71. The van der Waals surface area contributed by atoms with Gasteiger partial charge in [0.05, 0.1) is 11.5 Å². The van der Waals surface area contributed by atoms with Gasteiger partial charge in [-0.25, -0.2) is 0 Å². The molecule has 16 heavy (non-hydrogen) atoms. The molecule has 86 valence electrons. The van der Waals surface area contributed by atoms with Gasteiger partial charge in [-0.05, 0) is 6.07 Å². The summed E-state index contributed by atoms with van der Waals surface area (Å²) >= 11 is 0. The topological polar surface area (TPSA) is 115 Å². The normalized spacial score (nSPS) is 9.81. The van der Waals surface area contributed by atoms with E-state index >= 15 is 0 Å². The van der Waals surface area contributed by atoms with Crippen LogP contribution in [0.15, 0.2) is 18.2 Å². The van der Waals surface area contributed by atoms with Crippen LogP contribution < -0.4 is 16.4 Å². The molecule has 0 saturated heterocycles. The van der Waals surface area contributed by atoms with Crippen LogP contribution in [-0.2, 0) is 4.79 Å². The van der Waals surface area contributed by atoms with Crippen LogP contribution in [0.5, 0.6) is 0 Å². The van der Waals surface area contributed by atoms with Gasteiger partial charge in [-0.3, -0.25) is 14.9 Å². The van der Waals surface area contributed by atoms with Crippen molar-refractivity contribution >= 4 is 23.0 Å². The average Bonchev–Trinajstić information content (AvgIpc) is 2.15. The number of non-ortho nitro benzene ring substituents is 1. The van der Waals surface area contributed by atoms with Crippen LogP contribution in [0.25, 0.3) is 0 Å². The van der Waals surface area contributed by atoms with Crippen LogP contribution in [0.3, 0.4) is 0 Å². The van der Waals surface area contributed by atoms with Crippen molar-refractivity contribution < 1.29 is 9.72 Å². The molecule has 1 aromatic rings. The maximum atomic E-state index is 10.7. The number of carbonyl (C=O) groups excluding carboxylic acids is 1. The van der Waals surface area contributed by atoms with E-state index in [1.54, 1.807) is 7.05 Å². The summed E-state index contributed by atoms with van der Waals surface area (Å²) in [6.07, 6.45) is 0. The van der Waals surface area contributed by atoms with Crippen molar-refractivity contribution in [3.05, 3.63) is 28.3 Å². The first-order chi connectivity index (χ1) is 7.40. The van der Waals surface area contributed by atoms with Crippen molar-refractivity contribution in [3.8, 4) is 0 Å². The lowest BCUT2D eigenvalue weighted by Crippen LogP contribution is -2.30. The van der Waals surface area contributed by atoms with Crippen LogP contribution in [0.4, 0.5) is 17.1 Å². The Labute approximate surface area is 91.8 Å². The minimum Gasteiger partial charge on any atom is -0.398 e. The number of primary amides is 1. The number of likely N-dealkylation sites (N-methyl/N-ethyl adjacent to an activating group) is 1. The van der Waals surface area contributed by atoms with Crippen LogP contribution in [0.1, 0.15) is 0 Å². The van der Waals surface area contributed by atoms with E-state index in [9.17, 15) is 14.9 Å². The van der Waals surface area contributed by atoms with Crippen molar-refractivity contribution in [2.45, 2.75) is 0 Å².